The van der Waals surface area contributed by atoms with Gasteiger partial charge in [0.05, 0.1) is 52.8 Å². The summed E-state index contributed by atoms with van der Waals surface area (Å²) in [5, 5.41) is 174. The second kappa shape index (κ2) is 31.0. The van der Waals surface area contributed by atoms with Gasteiger partial charge in [0.15, 0.2) is 60.4 Å². The van der Waals surface area contributed by atoms with Crippen LogP contribution in [0.3, 0.4) is 0 Å². The van der Waals surface area contributed by atoms with E-state index in [0.29, 0.717) is 0 Å². The Balaban J connectivity index is 1.24. The topological polar surface area (TPSA) is 504 Å². The van der Waals surface area contributed by atoms with Crippen LogP contribution in [0.15, 0.2) is 78.9 Å². The lowest BCUT2D eigenvalue weighted by atomic mass is 9.95. The van der Waals surface area contributed by atoms with Crippen molar-refractivity contribution in [3.05, 3.63) is 95.6 Å². The molecule has 24 atom stereocenters. The monoisotopic (exact) mass is 1280 g/mol. The molecule has 0 saturated carbocycles. The third-order valence-electron chi connectivity index (χ3n) is 15.3. The Bertz CT molecular complexity index is 2890. The summed E-state index contributed by atoms with van der Waals surface area (Å²) >= 11 is 0. The van der Waals surface area contributed by atoms with E-state index in [0.717, 1.165) is 12.2 Å². The minimum Gasteiger partial charge on any atom is -0.504 e. The van der Waals surface area contributed by atoms with Crippen LogP contribution in [-0.4, -0.2) is 300 Å². The van der Waals surface area contributed by atoms with Crippen molar-refractivity contribution in [2.45, 2.75) is 147 Å². The summed E-state index contributed by atoms with van der Waals surface area (Å²) in [6.07, 6.45) is -44.5. The van der Waals surface area contributed by atoms with E-state index in [2.05, 4.69) is 0 Å². The van der Waals surface area contributed by atoms with Crippen LogP contribution in [0.2, 0.25) is 0 Å². The first-order valence-corrected chi connectivity index (χ1v) is 27.9. The first-order valence-electron chi connectivity index (χ1n) is 27.9. The summed E-state index contributed by atoms with van der Waals surface area (Å²) in [4.78, 5) is 41.9. The maximum absolute atomic E-state index is 14.1. The van der Waals surface area contributed by atoms with Crippen molar-refractivity contribution in [1.29, 1.82) is 0 Å². The molecule has 3 aromatic carbocycles. The summed E-state index contributed by atoms with van der Waals surface area (Å²) in [6.45, 7) is -6.71. The van der Waals surface area contributed by atoms with Gasteiger partial charge in [0.1, 0.15) is 110 Å². The number of aromatic hydroxyl groups is 2. The molecule has 8 rings (SSSR count). The Kier molecular flexibility index (Phi) is 24.0. The molecule has 90 heavy (non-hydrogen) atoms. The van der Waals surface area contributed by atoms with Gasteiger partial charge in [-0.3, -0.25) is 0 Å². The molecule has 5 saturated heterocycles. The normalized spacial score (nSPS) is 37.2. The van der Waals surface area contributed by atoms with E-state index in [1.807, 2.05) is 0 Å². The Hall–Kier alpha value is -6.17. The van der Waals surface area contributed by atoms with Gasteiger partial charge in [0.2, 0.25) is 5.79 Å². The van der Waals surface area contributed by atoms with Gasteiger partial charge in [-0.05, 0) is 59.7 Å². The highest BCUT2D eigenvalue weighted by Crippen LogP contribution is 2.43. The average molecular weight is 1290 g/mol. The Morgan fingerprint density at radius 2 is 0.933 bits per heavy atom. The van der Waals surface area contributed by atoms with E-state index < -0.39 is 204 Å². The van der Waals surface area contributed by atoms with Crippen LogP contribution in [0.25, 0.3) is 12.2 Å². The SMILES string of the molecule is COc1cc(/C=C/C(=O)OC[C@@]2(O[C@H]3O[C@H](CO)[C@@H](OC(=O)/C=C/c4ccc(O)c(OC)c4)[C@H](O[C@@H]4O[C@@H](CO)[C@@H](O[C@H]5O[C@@H](CO)[C@@H](O)[C@H](O)[C@H]5O)[C@H](O)[C@H]4O)[C@H]3O[C@H]3O[C@@H](CO)[C@@H](O)[C@H](O)[C@H]3O)O[C@@H](CO)[C@@H](O)[C@@H]2OC(=O)c2ccccc2)ccc1O. The molecule has 3 aromatic rings. The lowest BCUT2D eigenvalue weighted by Crippen LogP contribution is -2.69. The number of ether oxygens (including phenoxy) is 14. The van der Waals surface area contributed by atoms with Crippen molar-refractivity contribution < 1.29 is 162 Å². The smallest absolute Gasteiger partial charge is 0.338 e. The molecule has 33 nitrogen and oxygen atoms in total. The summed E-state index contributed by atoms with van der Waals surface area (Å²) in [7, 11) is 2.53. The second-order valence-electron chi connectivity index (χ2n) is 21.1. The lowest BCUT2D eigenvalue weighted by Gasteiger charge is -2.51. The number of carbonyl (C=O) groups excluding carboxylic acids is 3. The largest absolute Gasteiger partial charge is 0.504 e. The van der Waals surface area contributed by atoms with Gasteiger partial charge in [-0.15, -0.1) is 0 Å². The minimum absolute atomic E-state index is 0.0170. The van der Waals surface area contributed by atoms with Crippen LogP contribution >= 0.6 is 0 Å². The molecule has 0 amide bonds. The number of methoxy groups -OCH3 is 2. The van der Waals surface area contributed by atoms with Gasteiger partial charge in [0.25, 0.3) is 0 Å². The number of aliphatic hydroxyl groups is 14. The zero-order chi connectivity index (χ0) is 65.3. The van der Waals surface area contributed by atoms with E-state index >= 15 is 0 Å². The highest BCUT2D eigenvalue weighted by Gasteiger charge is 2.64. The van der Waals surface area contributed by atoms with Crippen LogP contribution in [0, 0.1) is 0 Å². The van der Waals surface area contributed by atoms with Gasteiger partial charge < -0.3 is 148 Å². The van der Waals surface area contributed by atoms with Gasteiger partial charge >= 0.3 is 17.9 Å². The molecule has 33 heteroatoms. The molecule has 5 aliphatic heterocycles. The van der Waals surface area contributed by atoms with Gasteiger partial charge in [-0.2, -0.15) is 0 Å². The van der Waals surface area contributed by atoms with Crippen LogP contribution in [0.1, 0.15) is 21.5 Å². The maximum atomic E-state index is 14.1. The quantitative estimate of drug-likeness (QED) is 0.0225. The number of rotatable bonds is 24. The number of hydrogen-bond acceptors (Lipinski definition) is 33. The van der Waals surface area contributed by atoms with Crippen LogP contribution in [0.4, 0.5) is 0 Å². The van der Waals surface area contributed by atoms with Crippen LogP contribution in [-0.2, 0) is 66.4 Å². The maximum Gasteiger partial charge on any atom is 0.338 e. The molecule has 0 spiro atoms. The molecule has 5 heterocycles. The number of aliphatic hydroxyl groups excluding tert-OH is 14. The summed E-state index contributed by atoms with van der Waals surface area (Å²) in [6, 6.07) is 15.0. The first-order chi connectivity index (χ1) is 43.0. The summed E-state index contributed by atoms with van der Waals surface area (Å²) in [5.74, 6) is -7.19. The molecular formula is C57H72O33. The Morgan fingerprint density at radius 3 is 1.44 bits per heavy atom. The molecular weight excluding hydrogens is 1210 g/mol. The van der Waals surface area contributed by atoms with Crippen molar-refractivity contribution in [1.82, 2.24) is 0 Å². The highest BCUT2D eigenvalue weighted by atomic mass is 16.8. The van der Waals surface area contributed by atoms with Crippen molar-refractivity contribution in [2.24, 2.45) is 0 Å². The van der Waals surface area contributed by atoms with E-state index in [4.69, 9.17) is 66.3 Å². The molecule has 16 N–H and O–H groups in total. The standard InChI is InChI=1S/C57H72O33/c1-77-29-16-24(8-12-27(29)63)10-14-36(65)79-23-57(51(40(69)33(20-60)89-57)88-52(76)26-6-4-3-5-7-26)90-56-50(87-54-45(74)42(71)39(68)32(19-59)81-54)49(48(35(22-62)83-56)84-37(66)15-11-25-9-13-28(64)30(17-25)78-2)86-55-46(75)43(72)47(34(21-61)82-55)85-53-44(73)41(70)38(67)31(18-58)80-53/h3-17,31-35,38-51,53-56,58-64,67-75H,18-23H2,1-2H3/b14-10+,15-11+/t31-,32-,33-,34-,35+,38+,39+,40+,41-,42-,43+,44+,45+,46+,47+,48+,49-,50+,51-,53+,54+,55-,56+,57-/m0/s1. The number of hydrogen-bond donors (Lipinski definition) is 16. The van der Waals surface area contributed by atoms with Gasteiger partial charge in [-0.1, -0.05) is 30.3 Å². The molecule has 0 unspecified atom stereocenters. The fraction of sp³-hybridized carbons (Fsp3) is 0.561. The molecule has 498 valence electrons. The molecule has 5 fully saturated rings. The third kappa shape index (κ3) is 15.5. The lowest BCUT2D eigenvalue weighted by molar-refractivity contribution is -0.423. The molecule has 5 aliphatic rings. The van der Waals surface area contributed by atoms with Crippen LogP contribution < -0.4 is 9.47 Å². The van der Waals surface area contributed by atoms with E-state index in [9.17, 15) is 96.1 Å². The fourth-order valence-corrected chi connectivity index (χ4v) is 10.4. The molecule has 0 aromatic heterocycles. The zero-order valence-electron chi connectivity index (χ0n) is 47.8. The summed E-state index contributed by atoms with van der Waals surface area (Å²) < 4.78 is 82.2. The van der Waals surface area contributed by atoms with Crippen molar-refractivity contribution in [2.75, 3.05) is 53.9 Å². The number of phenols is 2. The van der Waals surface area contributed by atoms with Crippen molar-refractivity contribution >= 4 is 30.1 Å². The number of benzene rings is 3. The Labute approximate surface area is 510 Å². The number of carbonyl (C=O) groups is 3. The van der Waals surface area contributed by atoms with E-state index in [1.54, 1.807) is 6.07 Å². The van der Waals surface area contributed by atoms with E-state index in [1.165, 1.54) is 87.0 Å². The zero-order valence-corrected chi connectivity index (χ0v) is 47.8. The molecule has 0 radical (unpaired) electrons. The third-order valence-corrected chi connectivity index (χ3v) is 15.3. The molecule has 0 bridgehead atoms. The van der Waals surface area contributed by atoms with Crippen molar-refractivity contribution in [3.8, 4) is 23.0 Å². The van der Waals surface area contributed by atoms with Crippen LogP contribution in [0.5, 0.6) is 23.0 Å². The molecule has 0 aliphatic carbocycles. The summed E-state index contributed by atoms with van der Waals surface area (Å²) in [5.41, 5.74) is 0.381. The predicted molar refractivity (Wildman–Crippen MR) is 291 cm³/mol. The van der Waals surface area contributed by atoms with Gasteiger partial charge in [0, 0.05) is 12.2 Å². The van der Waals surface area contributed by atoms with E-state index in [-0.39, 0.29) is 39.7 Å². The predicted octanol–water partition coefficient (Wildman–Crippen LogP) is -6.10. The average Bonchev–Trinajstić information content (AvgIpc) is 1.48. The van der Waals surface area contributed by atoms with Gasteiger partial charge in [-0.25, -0.2) is 14.4 Å². The second-order valence-corrected chi connectivity index (χ2v) is 21.1. The first kappa shape index (κ1) is 69.7. The fourth-order valence-electron chi connectivity index (χ4n) is 10.4. The van der Waals surface area contributed by atoms with Crippen molar-refractivity contribution in [3.63, 3.8) is 0 Å². The Morgan fingerprint density at radius 1 is 0.478 bits per heavy atom. The number of phenolic OH excluding ortho intramolecular Hbond substituents is 2. The highest BCUT2D eigenvalue weighted by molar-refractivity contribution is 5.90. The number of esters is 3. The minimum atomic E-state index is -2.97.